The third kappa shape index (κ3) is 3.60. The molecule has 0 unspecified atom stereocenters. The van der Waals surface area contributed by atoms with Crippen LogP contribution in [-0.2, 0) is 9.84 Å². The highest BCUT2D eigenvalue weighted by Crippen LogP contribution is 2.13. The summed E-state index contributed by atoms with van der Waals surface area (Å²) < 4.78 is 36.1. The minimum atomic E-state index is -3.35. The van der Waals surface area contributed by atoms with Crippen LogP contribution in [0.2, 0.25) is 0 Å². The molecule has 5 heteroatoms. The summed E-state index contributed by atoms with van der Waals surface area (Å²) in [5.41, 5.74) is 5.27. The molecule has 0 heterocycles. The molecule has 0 bridgehead atoms. The predicted octanol–water partition coefficient (Wildman–Crippen LogP) is 1.34. The summed E-state index contributed by atoms with van der Waals surface area (Å²) in [5, 5.41) is 0. The molecule has 1 rings (SSSR count). The van der Waals surface area contributed by atoms with Gasteiger partial charge in [0.05, 0.1) is 10.6 Å². The summed E-state index contributed by atoms with van der Waals surface area (Å²) in [6, 6.07) is 5.06. The van der Waals surface area contributed by atoms with Crippen LogP contribution >= 0.6 is 0 Å². The summed E-state index contributed by atoms with van der Waals surface area (Å²) in [6.07, 6.45) is 1.17. The van der Waals surface area contributed by atoms with Crippen molar-refractivity contribution in [1.82, 2.24) is 0 Å². The van der Waals surface area contributed by atoms with E-state index in [0.717, 1.165) is 6.07 Å². The van der Waals surface area contributed by atoms with E-state index in [1.165, 1.54) is 18.2 Å². The van der Waals surface area contributed by atoms with Crippen molar-refractivity contribution in [3.63, 3.8) is 0 Å². The first-order valence-electron chi connectivity index (χ1n) is 4.74. The maximum atomic E-state index is 12.8. The summed E-state index contributed by atoms with van der Waals surface area (Å²) >= 11 is 0. The van der Waals surface area contributed by atoms with Crippen molar-refractivity contribution in [3.8, 4) is 0 Å². The van der Waals surface area contributed by atoms with Crippen LogP contribution in [0, 0.1) is 5.82 Å². The van der Waals surface area contributed by atoms with Crippen LogP contribution in [0.15, 0.2) is 29.2 Å². The number of hydrogen-bond acceptors (Lipinski definition) is 3. The van der Waals surface area contributed by atoms with Gasteiger partial charge in [-0.15, -0.1) is 0 Å². The Morgan fingerprint density at radius 2 is 2.00 bits per heavy atom. The Balaban J connectivity index is 2.77. The van der Waals surface area contributed by atoms with Gasteiger partial charge in [-0.25, -0.2) is 12.8 Å². The van der Waals surface area contributed by atoms with Crippen LogP contribution < -0.4 is 5.73 Å². The van der Waals surface area contributed by atoms with Gasteiger partial charge in [0.25, 0.3) is 0 Å². The van der Waals surface area contributed by atoms with Crippen molar-refractivity contribution < 1.29 is 12.8 Å². The average molecular weight is 231 g/mol. The second-order valence-electron chi connectivity index (χ2n) is 3.27. The van der Waals surface area contributed by atoms with E-state index in [0.29, 0.717) is 19.4 Å². The molecule has 84 valence electrons. The molecule has 0 amide bonds. The standard InChI is InChI=1S/C10H14FNO2S/c11-9-4-3-5-10(8-9)15(13,14)7-2-1-6-12/h3-5,8H,1-2,6-7,12H2. The predicted molar refractivity (Wildman–Crippen MR) is 56.7 cm³/mol. The molecule has 0 saturated heterocycles. The molecular formula is C10H14FNO2S. The minimum absolute atomic E-state index is 0.0215. The summed E-state index contributed by atoms with van der Waals surface area (Å²) in [7, 11) is -3.35. The maximum Gasteiger partial charge on any atom is 0.178 e. The van der Waals surface area contributed by atoms with Crippen molar-refractivity contribution in [2.24, 2.45) is 5.73 Å². The van der Waals surface area contributed by atoms with E-state index >= 15 is 0 Å². The Bertz CT molecular complexity index is 417. The fraction of sp³-hybridized carbons (Fsp3) is 0.400. The van der Waals surface area contributed by atoms with Crippen LogP contribution in [0.4, 0.5) is 4.39 Å². The number of rotatable bonds is 5. The highest BCUT2D eigenvalue weighted by molar-refractivity contribution is 7.91. The molecule has 0 spiro atoms. The van der Waals surface area contributed by atoms with Gasteiger partial charge in [0.2, 0.25) is 0 Å². The van der Waals surface area contributed by atoms with Crippen LogP contribution in [0.5, 0.6) is 0 Å². The molecule has 0 aliphatic carbocycles. The van der Waals surface area contributed by atoms with E-state index < -0.39 is 15.7 Å². The van der Waals surface area contributed by atoms with Gasteiger partial charge in [-0.3, -0.25) is 0 Å². The fourth-order valence-electron chi connectivity index (χ4n) is 1.21. The highest BCUT2D eigenvalue weighted by Gasteiger charge is 2.13. The maximum absolute atomic E-state index is 12.8. The van der Waals surface area contributed by atoms with Crippen molar-refractivity contribution in [1.29, 1.82) is 0 Å². The summed E-state index contributed by atoms with van der Waals surface area (Å²) in [5.74, 6) is -0.511. The molecule has 0 aliphatic heterocycles. The van der Waals surface area contributed by atoms with Gasteiger partial charge in [-0.2, -0.15) is 0 Å². The molecular weight excluding hydrogens is 217 g/mol. The van der Waals surface area contributed by atoms with Gasteiger partial charge in [0.15, 0.2) is 9.84 Å². The van der Waals surface area contributed by atoms with Gasteiger partial charge in [0.1, 0.15) is 5.82 Å². The van der Waals surface area contributed by atoms with E-state index in [2.05, 4.69) is 0 Å². The highest BCUT2D eigenvalue weighted by atomic mass is 32.2. The fourth-order valence-corrected chi connectivity index (χ4v) is 2.61. The summed E-state index contributed by atoms with van der Waals surface area (Å²) in [6.45, 7) is 0.471. The molecule has 0 aromatic heterocycles. The lowest BCUT2D eigenvalue weighted by atomic mass is 10.3. The number of benzene rings is 1. The van der Waals surface area contributed by atoms with E-state index in [9.17, 15) is 12.8 Å². The Morgan fingerprint density at radius 1 is 1.27 bits per heavy atom. The van der Waals surface area contributed by atoms with Crippen LogP contribution in [0.25, 0.3) is 0 Å². The molecule has 0 saturated carbocycles. The molecule has 1 aromatic rings. The Kier molecular flexibility index (Phi) is 4.23. The minimum Gasteiger partial charge on any atom is -0.330 e. The number of unbranched alkanes of at least 4 members (excludes halogenated alkanes) is 1. The van der Waals surface area contributed by atoms with Crippen molar-refractivity contribution in [2.45, 2.75) is 17.7 Å². The zero-order valence-corrected chi connectivity index (χ0v) is 9.13. The van der Waals surface area contributed by atoms with E-state index in [-0.39, 0.29) is 10.6 Å². The van der Waals surface area contributed by atoms with Crippen LogP contribution in [0.1, 0.15) is 12.8 Å². The molecule has 0 atom stereocenters. The van der Waals surface area contributed by atoms with Gasteiger partial charge in [0, 0.05) is 0 Å². The largest absolute Gasteiger partial charge is 0.330 e. The molecule has 0 fully saturated rings. The van der Waals surface area contributed by atoms with E-state index in [1.807, 2.05) is 0 Å². The van der Waals surface area contributed by atoms with Gasteiger partial charge >= 0.3 is 0 Å². The molecule has 3 nitrogen and oxygen atoms in total. The first-order chi connectivity index (χ1) is 7.06. The van der Waals surface area contributed by atoms with Gasteiger partial charge < -0.3 is 5.73 Å². The zero-order valence-electron chi connectivity index (χ0n) is 8.32. The smallest absolute Gasteiger partial charge is 0.178 e. The van der Waals surface area contributed by atoms with Gasteiger partial charge in [-0.05, 0) is 37.6 Å². The number of nitrogens with two attached hydrogens (primary N) is 1. The Hall–Kier alpha value is -0.940. The number of hydrogen-bond donors (Lipinski definition) is 1. The lowest BCUT2D eigenvalue weighted by Gasteiger charge is -2.03. The first-order valence-corrected chi connectivity index (χ1v) is 6.40. The van der Waals surface area contributed by atoms with Crippen molar-refractivity contribution in [3.05, 3.63) is 30.1 Å². The van der Waals surface area contributed by atoms with E-state index in [1.54, 1.807) is 0 Å². The molecule has 0 radical (unpaired) electrons. The topological polar surface area (TPSA) is 60.2 Å². The molecule has 15 heavy (non-hydrogen) atoms. The number of halogens is 1. The van der Waals surface area contributed by atoms with Crippen molar-refractivity contribution >= 4 is 9.84 Å². The molecule has 1 aromatic carbocycles. The quantitative estimate of drug-likeness (QED) is 0.778. The lowest BCUT2D eigenvalue weighted by Crippen LogP contribution is -2.09. The first kappa shape index (κ1) is 12.1. The summed E-state index contributed by atoms with van der Waals surface area (Å²) in [4.78, 5) is 0.0412. The number of sulfone groups is 1. The molecule has 0 aliphatic rings. The lowest BCUT2D eigenvalue weighted by molar-refractivity contribution is 0.587. The van der Waals surface area contributed by atoms with Crippen molar-refractivity contribution in [2.75, 3.05) is 12.3 Å². The van der Waals surface area contributed by atoms with Crippen LogP contribution in [-0.4, -0.2) is 20.7 Å². The van der Waals surface area contributed by atoms with Gasteiger partial charge in [-0.1, -0.05) is 6.07 Å². The normalized spacial score (nSPS) is 11.6. The Labute approximate surface area is 89.0 Å². The second-order valence-corrected chi connectivity index (χ2v) is 5.38. The monoisotopic (exact) mass is 231 g/mol. The second kappa shape index (κ2) is 5.23. The third-order valence-electron chi connectivity index (χ3n) is 2.02. The third-order valence-corrected chi connectivity index (χ3v) is 3.82. The van der Waals surface area contributed by atoms with Crippen LogP contribution in [0.3, 0.4) is 0 Å². The zero-order chi connectivity index (χ0) is 11.3. The van der Waals surface area contributed by atoms with E-state index in [4.69, 9.17) is 5.73 Å². The molecule has 2 N–H and O–H groups in total. The SMILES string of the molecule is NCCCCS(=O)(=O)c1cccc(F)c1. The average Bonchev–Trinajstić information content (AvgIpc) is 2.18. The Morgan fingerprint density at radius 3 is 2.60 bits per heavy atom.